The lowest BCUT2D eigenvalue weighted by atomic mass is 10.1. The van der Waals surface area contributed by atoms with Crippen LogP contribution in [0.4, 0.5) is 0 Å². The maximum atomic E-state index is 8.88. The minimum absolute atomic E-state index is 0.149. The molecular weight excluding hydrogens is 336 g/mol. The summed E-state index contributed by atoms with van der Waals surface area (Å²) in [4.78, 5) is 0. The van der Waals surface area contributed by atoms with Gasteiger partial charge in [0.15, 0.2) is 0 Å². The molecule has 0 bridgehead atoms. The van der Waals surface area contributed by atoms with Crippen molar-refractivity contribution in [1.29, 1.82) is 0 Å². The zero-order chi connectivity index (χ0) is 18.5. The Hall–Kier alpha value is -3.15. The molecule has 0 amide bonds. The van der Waals surface area contributed by atoms with Gasteiger partial charge in [0.1, 0.15) is 0 Å². The van der Waals surface area contributed by atoms with Crippen LogP contribution in [0.25, 0.3) is 28.7 Å². The third-order valence-electron chi connectivity index (χ3n) is 4.51. The van der Waals surface area contributed by atoms with Gasteiger partial charge in [0.2, 0.25) is 0 Å². The fourth-order valence-corrected chi connectivity index (χ4v) is 3.15. The number of rotatable bonds is 7. The van der Waals surface area contributed by atoms with Crippen LogP contribution in [-0.2, 0) is 6.54 Å². The number of aromatic nitrogens is 3. The highest BCUT2D eigenvalue weighted by atomic mass is 16.3. The largest absolute Gasteiger partial charge is 0.395 e. The van der Waals surface area contributed by atoms with E-state index in [9.17, 15) is 0 Å². The second kappa shape index (κ2) is 8.03. The van der Waals surface area contributed by atoms with Gasteiger partial charge in [-0.3, -0.25) is 5.10 Å². The van der Waals surface area contributed by atoms with Crippen molar-refractivity contribution in [2.24, 2.45) is 0 Å². The van der Waals surface area contributed by atoms with E-state index < -0.39 is 0 Å². The molecule has 0 saturated heterocycles. The van der Waals surface area contributed by atoms with Crippen LogP contribution in [-0.4, -0.2) is 33.0 Å². The van der Waals surface area contributed by atoms with Crippen LogP contribution in [0, 0.1) is 0 Å². The molecule has 0 fully saturated rings. The summed E-state index contributed by atoms with van der Waals surface area (Å²) in [7, 11) is 0. The number of fused-ring (bicyclic) bond motifs is 1. The van der Waals surface area contributed by atoms with Crippen molar-refractivity contribution in [3.8, 4) is 5.69 Å². The Morgan fingerprint density at radius 1 is 1.04 bits per heavy atom. The third-order valence-corrected chi connectivity index (χ3v) is 4.51. The first kappa shape index (κ1) is 17.3. The number of nitrogens with one attached hydrogen (secondary N) is 2. The number of aromatic amines is 1. The maximum Gasteiger partial charge on any atom is 0.0927 e. The second-order valence-electron chi connectivity index (χ2n) is 6.37. The maximum absolute atomic E-state index is 8.88. The van der Waals surface area contributed by atoms with Crippen molar-refractivity contribution in [2.45, 2.75) is 6.54 Å². The molecule has 0 unspecified atom stereocenters. The van der Waals surface area contributed by atoms with Gasteiger partial charge in [0, 0.05) is 30.9 Å². The number of para-hydroxylation sites is 2. The topological polar surface area (TPSA) is 65.9 Å². The first-order valence-corrected chi connectivity index (χ1v) is 9.04. The van der Waals surface area contributed by atoms with E-state index in [1.807, 2.05) is 36.4 Å². The second-order valence-corrected chi connectivity index (χ2v) is 6.37. The van der Waals surface area contributed by atoms with Crippen molar-refractivity contribution >= 4 is 23.1 Å². The summed E-state index contributed by atoms with van der Waals surface area (Å²) >= 11 is 0. The number of aliphatic hydroxyl groups excluding tert-OH is 1. The van der Waals surface area contributed by atoms with E-state index in [0.29, 0.717) is 6.54 Å². The molecule has 0 spiro atoms. The Labute approximate surface area is 158 Å². The summed E-state index contributed by atoms with van der Waals surface area (Å²) in [6.07, 6.45) is 8.32. The number of benzene rings is 2. The van der Waals surface area contributed by atoms with Gasteiger partial charge in [0.25, 0.3) is 0 Å². The third kappa shape index (κ3) is 3.84. The van der Waals surface area contributed by atoms with Crippen molar-refractivity contribution in [3.63, 3.8) is 0 Å². The lowest BCUT2D eigenvalue weighted by molar-refractivity contribution is 0.292. The summed E-state index contributed by atoms with van der Waals surface area (Å²) in [5, 5.41) is 20.7. The smallest absolute Gasteiger partial charge is 0.0927 e. The van der Waals surface area contributed by atoms with Crippen LogP contribution >= 0.6 is 0 Å². The number of hydrogen-bond donors (Lipinski definition) is 3. The van der Waals surface area contributed by atoms with Gasteiger partial charge in [-0.2, -0.15) is 5.10 Å². The molecule has 0 aliphatic heterocycles. The molecule has 0 aliphatic carbocycles. The predicted molar refractivity (Wildman–Crippen MR) is 110 cm³/mol. The zero-order valence-corrected chi connectivity index (χ0v) is 15.0. The molecule has 4 rings (SSSR count). The quantitative estimate of drug-likeness (QED) is 0.442. The molecule has 5 nitrogen and oxygen atoms in total. The van der Waals surface area contributed by atoms with E-state index >= 15 is 0 Å². The summed E-state index contributed by atoms with van der Waals surface area (Å²) in [5.41, 5.74) is 5.38. The van der Waals surface area contributed by atoms with Crippen molar-refractivity contribution < 1.29 is 5.11 Å². The summed E-state index contributed by atoms with van der Waals surface area (Å²) in [6.45, 7) is 1.49. The number of hydrogen-bond acceptors (Lipinski definition) is 3. The van der Waals surface area contributed by atoms with Gasteiger partial charge in [0.05, 0.1) is 23.5 Å². The van der Waals surface area contributed by atoms with Crippen molar-refractivity contribution in [3.05, 3.63) is 83.8 Å². The molecule has 0 aliphatic rings. The Bertz CT molecular complexity index is 1060. The lowest BCUT2D eigenvalue weighted by Crippen LogP contribution is -2.17. The summed E-state index contributed by atoms with van der Waals surface area (Å²) in [5.74, 6) is 0. The van der Waals surface area contributed by atoms with Crippen LogP contribution in [0.3, 0.4) is 0 Å². The molecule has 0 saturated carbocycles. The number of nitrogens with zero attached hydrogens (tertiary/aromatic N) is 2. The first-order chi connectivity index (χ1) is 13.3. The monoisotopic (exact) mass is 358 g/mol. The van der Waals surface area contributed by atoms with E-state index in [1.165, 1.54) is 5.56 Å². The van der Waals surface area contributed by atoms with E-state index in [-0.39, 0.29) is 6.61 Å². The highest BCUT2D eigenvalue weighted by Crippen LogP contribution is 2.21. The van der Waals surface area contributed by atoms with Gasteiger partial charge < -0.3 is 15.0 Å². The van der Waals surface area contributed by atoms with Crippen molar-refractivity contribution in [2.75, 3.05) is 13.2 Å². The molecule has 2 heterocycles. The van der Waals surface area contributed by atoms with Crippen LogP contribution < -0.4 is 5.32 Å². The fourth-order valence-electron chi connectivity index (χ4n) is 3.15. The van der Waals surface area contributed by atoms with Crippen LogP contribution in [0.1, 0.15) is 16.8 Å². The molecule has 2 aromatic heterocycles. The first-order valence-electron chi connectivity index (χ1n) is 9.04. The number of H-pyrrole nitrogens is 1. The SMILES string of the molecule is OCCNCc1ccn(-c2ccccc2C=Cc2n[nH]c3ccccc23)c1. The minimum Gasteiger partial charge on any atom is -0.395 e. The van der Waals surface area contributed by atoms with Gasteiger partial charge in [-0.15, -0.1) is 0 Å². The van der Waals surface area contributed by atoms with Gasteiger partial charge in [-0.1, -0.05) is 42.5 Å². The van der Waals surface area contributed by atoms with E-state index in [2.05, 4.69) is 62.8 Å². The average Bonchev–Trinajstić information content (AvgIpc) is 3.34. The zero-order valence-electron chi connectivity index (χ0n) is 15.0. The Morgan fingerprint density at radius 2 is 1.89 bits per heavy atom. The molecule has 0 radical (unpaired) electrons. The fraction of sp³-hybridized carbons (Fsp3) is 0.136. The van der Waals surface area contributed by atoms with Crippen LogP contribution in [0.5, 0.6) is 0 Å². The molecule has 2 aromatic carbocycles. The summed E-state index contributed by atoms with van der Waals surface area (Å²) in [6, 6.07) is 18.5. The van der Waals surface area contributed by atoms with Crippen LogP contribution in [0.2, 0.25) is 0 Å². The molecule has 136 valence electrons. The predicted octanol–water partition coefficient (Wildman–Crippen LogP) is 3.61. The number of aliphatic hydroxyl groups is 1. The van der Waals surface area contributed by atoms with E-state index in [1.54, 1.807) is 0 Å². The van der Waals surface area contributed by atoms with Crippen molar-refractivity contribution in [1.82, 2.24) is 20.1 Å². The van der Waals surface area contributed by atoms with Gasteiger partial charge in [-0.05, 0) is 35.4 Å². The summed E-state index contributed by atoms with van der Waals surface area (Å²) < 4.78 is 2.12. The minimum atomic E-state index is 0.149. The standard InChI is InChI=1S/C22H22N4O/c27-14-12-23-15-17-11-13-26(16-17)22-8-4-1-5-18(22)9-10-21-19-6-2-3-7-20(19)24-25-21/h1-11,13,16,23,27H,12,14-15H2,(H,24,25). The Balaban J connectivity index is 1.60. The molecule has 27 heavy (non-hydrogen) atoms. The highest BCUT2D eigenvalue weighted by molar-refractivity contribution is 5.89. The molecule has 0 atom stereocenters. The highest BCUT2D eigenvalue weighted by Gasteiger charge is 2.05. The molecule has 4 aromatic rings. The Morgan fingerprint density at radius 3 is 2.81 bits per heavy atom. The Kier molecular flexibility index (Phi) is 5.14. The molecule has 3 N–H and O–H groups in total. The van der Waals surface area contributed by atoms with Gasteiger partial charge in [-0.25, -0.2) is 0 Å². The molecular formula is C22H22N4O. The van der Waals surface area contributed by atoms with Crippen LogP contribution in [0.15, 0.2) is 67.0 Å². The van der Waals surface area contributed by atoms with E-state index in [0.717, 1.165) is 34.4 Å². The van der Waals surface area contributed by atoms with Gasteiger partial charge >= 0.3 is 0 Å². The molecule has 5 heteroatoms. The average molecular weight is 358 g/mol. The normalized spacial score (nSPS) is 11.6. The van der Waals surface area contributed by atoms with E-state index in [4.69, 9.17) is 5.11 Å². The lowest BCUT2D eigenvalue weighted by Gasteiger charge is -2.07.